The van der Waals surface area contributed by atoms with Gasteiger partial charge in [0.15, 0.2) is 18.1 Å². The van der Waals surface area contributed by atoms with Crippen molar-refractivity contribution in [1.29, 1.82) is 0 Å². The van der Waals surface area contributed by atoms with E-state index in [1.165, 1.54) is 7.11 Å². The minimum atomic E-state index is -0.716. The second kappa shape index (κ2) is 10.5. The minimum absolute atomic E-state index is 0.0438. The molecule has 1 aromatic heterocycles. The molecule has 1 amide bonds. The predicted molar refractivity (Wildman–Crippen MR) is 113 cm³/mol. The number of hydrogen-bond donors (Lipinski definition) is 1. The first-order valence-electron chi connectivity index (χ1n) is 9.80. The zero-order chi connectivity index (χ0) is 22.2. The van der Waals surface area contributed by atoms with Gasteiger partial charge in [0.05, 0.1) is 20.8 Å². The van der Waals surface area contributed by atoms with Gasteiger partial charge in [-0.2, -0.15) is 0 Å². The first kappa shape index (κ1) is 22.2. The molecule has 3 rings (SSSR count). The topological polar surface area (TPSA) is 96.2 Å². The molecule has 8 heteroatoms. The highest BCUT2D eigenvalue weighted by atomic mass is 16.5. The van der Waals surface area contributed by atoms with Crippen LogP contribution in [0.1, 0.15) is 28.6 Å². The average Bonchev–Trinajstić information content (AvgIpc) is 3.18. The number of amides is 1. The molecule has 3 aromatic rings. The van der Waals surface area contributed by atoms with E-state index in [1.54, 1.807) is 25.3 Å². The lowest BCUT2D eigenvalue weighted by atomic mass is 10.1. The molecular weight excluding hydrogens is 402 g/mol. The number of rotatable bonds is 10. The van der Waals surface area contributed by atoms with Gasteiger partial charge in [0.25, 0.3) is 5.91 Å². The van der Waals surface area contributed by atoms with E-state index in [0.717, 1.165) is 10.9 Å². The van der Waals surface area contributed by atoms with Gasteiger partial charge in [-0.3, -0.25) is 4.79 Å². The Hall–Kier alpha value is -3.52. The number of benzene rings is 2. The summed E-state index contributed by atoms with van der Waals surface area (Å²) in [6, 6.07) is 12.6. The normalized spacial score (nSPS) is 10.7. The molecule has 0 saturated carbocycles. The van der Waals surface area contributed by atoms with Gasteiger partial charge < -0.3 is 28.7 Å². The van der Waals surface area contributed by atoms with Crippen LogP contribution in [0.2, 0.25) is 0 Å². The first-order valence-corrected chi connectivity index (χ1v) is 9.80. The molecule has 0 radical (unpaired) electrons. The van der Waals surface area contributed by atoms with Crippen molar-refractivity contribution >= 4 is 22.8 Å². The maximum Gasteiger partial charge on any atom is 0.375 e. The Kier molecular flexibility index (Phi) is 7.50. The molecule has 0 unspecified atom stereocenters. The summed E-state index contributed by atoms with van der Waals surface area (Å²) < 4.78 is 26.7. The standard InChI is InChI=1S/C23H25NO7/c1-4-29-13-17-16-7-5-6-8-18(16)31-22(17)23(26)30-14-21(25)24-12-15-9-10-19(27-2)20(11-15)28-3/h5-11H,4,12-14H2,1-3H3,(H,24,25). The first-order chi connectivity index (χ1) is 15.1. The van der Waals surface area contributed by atoms with Gasteiger partial charge in [0, 0.05) is 24.1 Å². The van der Waals surface area contributed by atoms with E-state index in [0.29, 0.717) is 29.3 Å². The van der Waals surface area contributed by atoms with Crippen molar-refractivity contribution in [1.82, 2.24) is 5.32 Å². The highest BCUT2D eigenvalue weighted by Gasteiger charge is 2.22. The summed E-state index contributed by atoms with van der Waals surface area (Å²) in [5, 5.41) is 3.48. The van der Waals surface area contributed by atoms with Crippen LogP contribution in [0.25, 0.3) is 11.0 Å². The number of fused-ring (bicyclic) bond motifs is 1. The molecule has 0 spiro atoms. The van der Waals surface area contributed by atoms with E-state index < -0.39 is 18.5 Å². The van der Waals surface area contributed by atoms with E-state index in [2.05, 4.69) is 5.32 Å². The Bertz CT molecular complexity index is 1060. The van der Waals surface area contributed by atoms with Gasteiger partial charge in [0.1, 0.15) is 5.58 Å². The SMILES string of the molecule is CCOCc1c(C(=O)OCC(=O)NCc2ccc(OC)c(OC)c2)oc2ccccc12. The van der Waals surface area contributed by atoms with Crippen LogP contribution in [0.4, 0.5) is 0 Å². The number of carbonyl (C=O) groups excluding carboxylic acids is 2. The fourth-order valence-corrected chi connectivity index (χ4v) is 3.05. The van der Waals surface area contributed by atoms with E-state index in [-0.39, 0.29) is 18.9 Å². The van der Waals surface area contributed by atoms with Crippen LogP contribution in [0.3, 0.4) is 0 Å². The Balaban J connectivity index is 1.60. The van der Waals surface area contributed by atoms with Crippen molar-refractivity contribution in [3.63, 3.8) is 0 Å². The summed E-state index contributed by atoms with van der Waals surface area (Å²) in [7, 11) is 3.09. The van der Waals surface area contributed by atoms with Gasteiger partial charge in [-0.1, -0.05) is 24.3 Å². The van der Waals surface area contributed by atoms with E-state index in [1.807, 2.05) is 31.2 Å². The van der Waals surface area contributed by atoms with Crippen LogP contribution >= 0.6 is 0 Å². The zero-order valence-electron chi connectivity index (χ0n) is 17.7. The monoisotopic (exact) mass is 427 g/mol. The zero-order valence-corrected chi connectivity index (χ0v) is 17.7. The fraction of sp³-hybridized carbons (Fsp3) is 0.304. The quantitative estimate of drug-likeness (QED) is 0.495. The van der Waals surface area contributed by atoms with E-state index in [9.17, 15) is 9.59 Å². The summed E-state index contributed by atoms with van der Waals surface area (Å²) in [6.07, 6.45) is 0. The number of para-hydroxylation sites is 1. The lowest BCUT2D eigenvalue weighted by molar-refractivity contribution is -0.124. The molecule has 1 N–H and O–H groups in total. The smallest absolute Gasteiger partial charge is 0.375 e. The number of furan rings is 1. The third-order valence-corrected chi connectivity index (χ3v) is 4.61. The third kappa shape index (κ3) is 5.35. The van der Waals surface area contributed by atoms with E-state index >= 15 is 0 Å². The average molecular weight is 427 g/mol. The molecule has 8 nitrogen and oxygen atoms in total. The third-order valence-electron chi connectivity index (χ3n) is 4.61. The second-order valence-corrected chi connectivity index (χ2v) is 6.59. The maximum atomic E-state index is 12.5. The predicted octanol–water partition coefficient (Wildman–Crippen LogP) is 3.46. The van der Waals surface area contributed by atoms with Crippen LogP contribution in [-0.2, 0) is 27.4 Å². The molecule has 0 saturated heterocycles. The summed E-state index contributed by atoms with van der Waals surface area (Å²) in [6.45, 7) is 2.38. The molecule has 0 atom stereocenters. The second-order valence-electron chi connectivity index (χ2n) is 6.59. The van der Waals surface area contributed by atoms with Crippen LogP contribution < -0.4 is 14.8 Å². The van der Waals surface area contributed by atoms with E-state index in [4.69, 9.17) is 23.4 Å². The van der Waals surface area contributed by atoms with Crippen molar-refractivity contribution < 1.29 is 33.0 Å². The molecular formula is C23H25NO7. The van der Waals surface area contributed by atoms with Crippen LogP contribution in [0.15, 0.2) is 46.9 Å². The Morgan fingerprint density at radius 2 is 1.81 bits per heavy atom. The maximum absolute atomic E-state index is 12.5. The van der Waals surface area contributed by atoms with Crippen LogP contribution in [0, 0.1) is 0 Å². The Morgan fingerprint density at radius 3 is 2.55 bits per heavy atom. The number of ether oxygens (including phenoxy) is 4. The van der Waals surface area contributed by atoms with Crippen molar-refractivity contribution in [2.45, 2.75) is 20.1 Å². The number of esters is 1. The Labute approximate surface area is 180 Å². The van der Waals surface area contributed by atoms with Gasteiger partial charge in [-0.05, 0) is 30.7 Å². The van der Waals surface area contributed by atoms with Gasteiger partial charge in [-0.15, -0.1) is 0 Å². The summed E-state index contributed by atoms with van der Waals surface area (Å²) >= 11 is 0. The summed E-state index contributed by atoms with van der Waals surface area (Å²) in [5.41, 5.74) is 1.98. The molecule has 0 aliphatic rings. The number of carbonyl (C=O) groups is 2. The number of nitrogens with one attached hydrogen (secondary N) is 1. The molecule has 1 heterocycles. The van der Waals surface area contributed by atoms with Crippen molar-refractivity contribution in [2.24, 2.45) is 0 Å². The summed E-state index contributed by atoms with van der Waals surface area (Å²) in [5.74, 6) is 0.0488. The van der Waals surface area contributed by atoms with Crippen molar-refractivity contribution in [2.75, 3.05) is 27.4 Å². The molecule has 164 valence electrons. The molecule has 0 aliphatic carbocycles. The van der Waals surface area contributed by atoms with Gasteiger partial charge >= 0.3 is 5.97 Å². The molecule has 0 fully saturated rings. The lowest BCUT2D eigenvalue weighted by Gasteiger charge is -2.10. The van der Waals surface area contributed by atoms with Crippen LogP contribution in [-0.4, -0.2) is 39.3 Å². The number of hydrogen-bond acceptors (Lipinski definition) is 7. The molecule has 0 aliphatic heterocycles. The lowest BCUT2D eigenvalue weighted by Crippen LogP contribution is -2.28. The molecule has 2 aromatic carbocycles. The largest absolute Gasteiger partial charge is 0.493 e. The van der Waals surface area contributed by atoms with Crippen molar-refractivity contribution in [3.8, 4) is 11.5 Å². The number of methoxy groups -OCH3 is 2. The molecule has 0 bridgehead atoms. The fourth-order valence-electron chi connectivity index (χ4n) is 3.05. The Morgan fingerprint density at radius 1 is 1.03 bits per heavy atom. The minimum Gasteiger partial charge on any atom is -0.493 e. The van der Waals surface area contributed by atoms with Crippen molar-refractivity contribution in [3.05, 3.63) is 59.4 Å². The highest BCUT2D eigenvalue weighted by Crippen LogP contribution is 2.28. The van der Waals surface area contributed by atoms with Gasteiger partial charge in [-0.25, -0.2) is 4.79 Å². The molecule has 31 heavy (non-hydrogen) atoms. The van der Waals surface area contributed by atoms with Crippen LogP contribution in [0.5, 0.6) is 11.5 Å². The highest BCUT2D eigenvalue weighted by molar-refractivity contribution is 5.96. The summed E-state index contributed by atoms with van der Waals surface area (Å²) in [4.78, 5) is 24.7. The van der Waals surface area contributed by atoms with Gasteiger partial charge in [0.2, 0.25) is 5.76 Å².